The summed E-state index contributed by atoms with van der Waals surface area (Å²) in [6.45, 7) is 1.68. The molecule has 0 aromatic rings. The van der Waals surface area contributed by atoms with Gasteiger partial charge in [-0.1, -0.05) is 26.2 Å². The Bertz CT molecular complexity index is 258. The van der Waals surface area contributed by atoms with E-state index in [-0.39, 0.29) is 12.6 Å². The maximum absolute atomic E-state index is 12.8. The largest absolute Gasteiger partial charge is 0.373 e. The minimum Gasteiger partial charge on any atom is -0.373 e. The average Bonchev–Trinajstić information content (AvgIpc) is 2.43. The predicted molar refractivity (Wildman–Crippen MR) is 70.4 cm³/mol. The van der Waals surface area contributed by atoms with Crippen LogP contribution < -0.4 is 5.32 Å². The molecule has 0 radical (unpaired) electrons. The Morgan fingerprint density at radius 1 is 1.20 bits per heavy atom. The molecule has 0 amide bonds. The highest BCUT2D eigenvalue weighted by atomic mass is 19.3. The van der Waals surface area contributed by atoms with Crippen LogP contribution in [0.2, 0.25) is 0 Å². The minimum atomic E-state index is -4.05. The van der Waals surface area contributed by atoms with Gasteiger partial charge in [0.2, 0.25) is 0 Å². The summed E-state index contributed by atoms with van der Waals surface area (Å²) in [6.07, 6.45) is 2.87. The van der Waals surface area contributed by atoms with Crippen molar-refractivity contribution in [3.63, 3.8) is 0 Å². The highest BCUT2D eigenvalue weighted by molar-refractivity contribution is 4.80. The molecule has 1 unspecified atom stereocenters. The molecule has 0 aromatic carbocycles. The van der Waals surface area contributed by atoms with Crippen LogP contribution in [0.5, 0.6) is 0 Å². The van der Waals surface area contributed by atoms with Crippen LogP contribution in [0, 0.1) is 5.92 Å². The summed E-state index contributed by atoms with van der Waals surface area (Å²) in [6, 6.07) is -0.0104. The first-order chi connectivity index (χ1) is 9.47. The zero-order valence-corrected chi connectivity index (χ0v) is 12.0. The van der Waals surface area contributed by atoms with Gasteiger partial charge in [-0.2, -0.15) is 8.78 Å². The Morgan fingerprint density at radius 2 is 1.85 bits per heavy atom. The highest BCUT2D eigenvalue weighted by Gasteiger charge is 2.41. The average molecular weight is 299 g/mol. The van der Waals surface area contributed by atoms with Gasteiger partial charge in [-0.15, -0.1) is 0 Å². The van der Waals surface area contributed by atoms with Gasteiger partial charge in [0.15, 0.2) is 0 Å². The molecule has 1 aliphatic rings. The predicted octanol–water partition coefficient (Wildman–Crippen LogP) is 3.85. The summed E-state index contributed by atoms with van der Waals surface area (Å²) in [5.41, 5.74) is 0. The number of halogens is 4. The zero-order chi connectivity index (χ0) is 15.0. The lowest BCUT2D eigenvalue weighted by atomic mass is 9.84. The molecule has 1 aliphatic carbocycles. The molecular formula is C14H25F4NO. The smallest absolute Gasteiger partial charge is 0.330 e. The van der Waals surface area contributed by atoms with E-state index in [0.717, 1.165) is 38.6 Å². The molecule has 1 fully saturated rings. The molecule has 0 heterocycles. The second-order valence-corrected chi connectivity index (χ2v) is 5.54. The second kappa shape index (κ2) is 8.82. The first-order valence-corrected chi connectivity index (χ1v) is 7.44. The van der Waals surface area contributed by atoms with Crippen molar-refractivity contribution in [3.8, 4) is 0 Å². The quantitative estimate of drug-likeness (QED) is 0.653. The van der Waals surface area contributed by atoms with Gasteiger partial charge in [0.1, 0.15) is 6.61 Å². The van der Waals surface area contributed by atoms with Crippen molar-refractivity contribution < 1.29 is 22.3 Å². The summed E-state index contributed by atoms with van der Waals surface area (Å²) in [4.78, 5) is 0. The molecule has 1 rings (SSSR count). The van der Waals surface area contributed by atoms with Crippen molar-refractivity contribution in [1.29, 1.82) is 0 Å². The lowest BCUT2D eigenvalue weighted by Crippen LogP contribution is -2.43. The third-order valence-corrected chi connectivity index (χ3v) is 3.79. The third kappa shape index (κ3) is 5.95. The number of nitrogens with one attached hydrogen (secondary N) is 1. The summed E-state index contributed by atoms with van der Waals surface area (Å²) < 4.78 is 54.6. The van der Waals surface area contributed by atoms with Crippen molar-refractivity contribution in [2.24, 2.45) is 5.92 Å². The van der Waals surface area contributed by atoms with E-state index < -0.39 is 19.0 Å². The first-order valence-electron chi connectivity index (χ1n) is 7.44. The van der Waals surface area contributed by atoms with Gasteiger partial charge in [-0.25, -0.2) is 8.78 Å². The van der Waals surface area contributed by atoms with Crippen molar-refractivity contribution in [2.45, 2.75) is 63.8 Å². The molecule has 1 atom stereocenters. The van der Waals surface area contributed by atoms with E-state index in [1.807, 2.05) is 6.92 Å². The lowest BCUT2D eigenvalue weighted by molar-refractivity contribution is -0.167. The Balaban J connectivity index is 2.39. The van der Waals surface area contributed by atoms with Crippen LogP contribution in [0.15, 0.2) is 0 Å². The van der Waals surface area contributed by atoms with E-state index in [1.54, 1.807) is 0 Å². The SMILES string of the molecule is CCCNC(COCC(F)(F)C(F)F)C1CCCCC1. The summed E-state index contributed by atoms with van der Waals surface area (Å²) in [5, 5.41) is 3.30. The normalized spacial score (nSPS) is 19.5. The van der Waals surface area contributed by atoms with Crippen molar-refractivity contribution in [1.82, 2.24) is 5.32 Å². The van der Waals surface area contributed by atoms with Crippen LogP contribution in [-0.4, -0.2) is 38.1 Å². The van der Waals surface area contributed by atoms with Gasteiger partial charge in [-0.3, -0.25) is 0 Å². The van der Waals surface area contributed by atoms with Crippen LogP contribution in [0.1, 0.15) is 45.4 Å². The monoisotopic (exact) mass is 299 g/mol. The van der Waals surface area contributed by atoms with Gasteiger partial charge in [-0.05, 0) is 31.7 Å². The van der Waals surface area contributed by atoms with Gasteiger partial charge < -0.3 is 10.1 Å². The lowest BCUT2D eigenvalue weighted by Gasteiger charge is -2.31. The summed E-state index contributed by atoms with van der Waals surface area (Å²) >= 11 is 0. The van der Waals surface area contributed by atoms with E-state index in [0.29, 0.717) is 5.92 Å². The molecule has 2 nitrogen and oxygen atoms in total. The highest BCUT2D eigenvalue weighted by Crippen LogP contribution is 2.27. The Kier molecular flexibility index (Phi) is 7.80. The van der Waals surface area contributed by atoms with Gasteiger partial charge in [0, 0.05) is 6.04 Å². The zero-order valence-electron chi connectivity index (χ0n) is 12.0. The van der Waals surface area contributed by atoms with Gasteiger partial charge in [0.05, 0.1) is 6.61 Å². The van der Waals surface area contributed by atoms with E-state index in [4.69, 9.17) is 4.74 Å². The molecule has 1 N–H and O–H groups in total. The molecule has 0 aliphatic heterocycles. The van der Waals surface area contributed by atoms with E-state index >= 15 is 0 Å². The van der Waals surface area contributed by atoms with Gasteiger partial charge in [0.25, 0.3) is 0 Å². The molecule has 0 spiro atoms. The minimum absolute atomic E-state index is 0.0104. The number of alkyl halides is 4. The van der Waals surface area contributed by atoms with Crippen LogP contribution in [-0.2, 0) is 4.74 Å². The topological polar surface area (TPSA) is 21.3 Å². The summed E-state index contributed by atoms with van der Waals surface area (Å²) in [7, 11) is 0. The molecule has 0 saturated heterocycles. The van der Waals surface area contributed by atoms with Gasteiger partial charge >= 0.3 is 12.3 Å². The number of rotatable bonds is 9. The fraction of sp³-hybridized carbons (Fsp3) is 1.00. The molecule has 20 heavy (non-hydrogen) atoms. The fourth-order valence-corrected chi connectivity index (χ4v) is 2.61. The maximum Gasteiger partial charge on any atom is 0.330 e. The number of hydrogen-bond acceptors (Lipinski definition) is 2. The fourth-order valence-electron chi connectivity index (χ4n) is 2.61. The third-order valence-electron chi connectivity index (χ3n) is 3.79. The molecule has 0 bridgehead atoms. The van der Waals surface area contributed by atoms with Crippen LogP contribution in [0.4, 0.5) is 17.6 Å². The van der Waals surface area contributed by atoms with E-state index in [9.17, 15) is 17.6 Å². The standard InChI is InChI=1S/C14H25F4NO/c1-2-8-19-12(11-6-4-3-5-7-11)9-20-10-14(17,18)13(15)16/h11-13,19H,2-10H2,1H3. The van der Waals surface area contributed by atoms with E-state index in [1.165, 1.54) is 6.42 Å². The van der Waals surface area contributed by atoms with E-state index in [2.05, 4.69) is 5.32 Å². The van der Waals surface area contributed by atoms with Crippen LogP contribution >= 0.6 is 0 Å². The van der Waals surface area contributed by atoms with Crippen molar-refractivity contribution in [2.75, 3.05) is 19.8 Å². The maximum atomic E-state index is 12.8. The number of hydrogen-bond donors (Lipinski definition) is 1. The molecule has 6 heteroatoms. The molecule has 0 aromatic heterocycles. The Hall–Kier alpha value is -0.360. The second-order valence-electron chi connectivity index (χ2n) is 5.54. The van der Waals surface area contributed by atoms with Crippen molar-refractivity contribution in [3.05, 3.63) is 0 Å². The molecule has 1 saturated carbocycles. The molecule has 120 valence electrons. The number of ether oxygens (including phenoxy) is 1. The summed E-state index contributed by atoms with van der Waals surface area (Å²) in [5.74, 6) is -3.66. The van der Waals surface area contributed by atoms with Crippen molar-refractivity contribution >= 4 is 0 Å². The first kappa shape index (κ1) is 17.7. The Morgan fingerprint density at radius 3 is 2.40 bits per heavy atom. The Labute approximate surface area is 118 Å². The molecular weight excluding hydrogens is 274 g/mol. The van der Waals surface area contributed by atoms with Crippen LogP contribution in [0.25, 0.3) is 0 Å². The van der Waals surface area contributed by atoms with Crippen LogP contribution in [0.3, 0.4) is 0 Å².